The van der Waals surface area contributed by atoms with Crippen molar-refractivity contribution < 1.29 is 14.0 Å². The average Bonchev–Trinajstić information content (AvgIpc) is 2.65. The van der Waals surface area contributed by atoms with Gasteiger partial charge in [-0.2, -0.15) is 0 Å². The molecule has 0 unspecified atom stereocenters. The highest BCUT2D eigenvalue weighted by molar-refractivity contribution is 6.99. The number of carbonyl (C=O) groups excluding carboxylic acids is 1. The van der Waals surface area contributed by atoms with Gasteiger partial charge >= 0.3 is 5.97 Å². The highest BCUT2D eigenvalue weighted by atomic mass is 28.4. The van der Waals surface area contributed by atoms with Crippen molar-refractivity contribution in [2.24, 2.45) is 5.92 Å². The SMILES string of the molecule is C[C@H](C[C@@H]1CC(=O)O1)C[C@@H](C)O[Si](c1ccccc1)(c1ccccc1)C(C)(C)C. The lowest BCUT2D eigenvalue weighted by molar-refractivity contribution is -0.170. The van der Waals surface area contributed by atoms with E-state index in [4.69, 9.17) is 9.16 Å². The second-order valence-corrected chi connectivity index (χ2v) is 13.7. The van der Waals surface area contributed by atoms with Gasteiger partial charge in [0.25, 0.3) is 8.32 Å². The van der Waals surface area contributed by atoms with Crippen LogP contribution in [0.15, 0.2) is 60.7 Å². The largest absolute Gasteiger partial charge is 0.462 e. The smallest absolute Gasteiger partial charge is 0.309 e. The molecule has 1 saturated heterocycles. The maximum Gasteiger partial charge on any atom is 0.309 e. The molecular formula is C25H34O3Si. The Morgan fingerprint density at radius 1 is 1.00 bits per heavy atom. The van der Waals surface area contributed by atoms with E-state index in [-0.39, 0.29) is 23.2 Å². The van der Waals surface area contributed by atoms with E-state index < -0.39 is 8.32 Å². The first-order chi connectivity index (χ1) is 13.7. The van der Waals surface area contributed by atoms with E-state index in [0.717, 1.165) is 12.8 Å². The van der Waals surface area contributed by atoms with Crippen molar-refractivity contribution in [2.75, 3.05) is 0 Å². The third-order valence-corrected chi connectivity index (χ3v) is 11.0. The van der Waals surface area contributed by atoms with Gasteiger partial charge in [-0.15, -0.1) is 0 Å². The zero-order valence-electron chi connectivity index (χ0n) is 18.4. The molecule has 1 aliphatic heterocycles. The quantitative estimate of drug-likeness (QED) is 0.468. The molecule has 0 spiro atoms. The molecule has 0 radical (unpaired) electrons. The molecule has 0 aromatic heterocycles. The lowest BCUT2D eigenvalue weighted by atomic mass is 9.94. The minimum absolute atomic E-state index is 0.0172. The molecule has 3 rings (SSSR count). The molecule has 0 amide bonds. The van der Waals surface area contributed by atoms with E-state index in [0.29, 0.717) is 12.3 Å². The first kappa shape index (κ1) is 21.8. The predicted octanol–water partition coefficient (Wildman–Crippen LogP) is 4.68. The van der Waals surface area contributed by atoms with Crippen molar-refractivity contribution in [2.45, 2.75) is 71.1 Å². The first-order valence-corrected chi connectivity index (χ1v) is 12.6. The van der Waals surface area contributed by atoms with Gasteiger partial charge in [-0.3, -0.25) is 4.79 Å². The minimum atomic E-state index is -2.51. The molecule has 0 N–H and O–H groups in total. The molecule has 1 heterocycles. The van der Waals surface area contributed by atoms with Crippen LogP contribution in [0.3, 0.4) is 0 Å². The summed E-state index contributed by atoms with van der Waals surface area (Å²) in [4.78, 5) is 11.1. The highest BCUT2D eigenvalue weighted by Crippen LogP contribution is 2.38. The molecule has 4 heteroatoms. The van der Waals surface area contributed by atoms with Gasteiger partial charge in [-0.25, -0.2) is 0 Å². The van der Waals surface area contributed by atoms with Crippen LogP contribution in [0, 0.1) is 5.92 Å². The number of esters is 1. The Kier molecular flexibility index (Phi) is 6.64. The highest BCUT2D eigenvalue weighted by Gasteiger charge is 2.51. The summed E-state index contributed by atoms with van der Waals surface area (Å²) in [5.74, 6) is 0.375. The van der Waals surface area contributed by atoms with Gasteiger partial charge < -0.3 is 9.16 Å². The summed E-state index contributed by atoms with van der Waals surface area (Å²) >= 11 is 0. The van der Waals surface area contributed by atoms with E-state index in [1.807, 2.05) is 0 Å². The van der Waals surface area contributed by atoms with Crippen molar-refractivity contribution in [1.29, 1.82) is 0 Å². The summed E-state index contributed by atoms with van der Waals surface area (Å²) in [5.41, 5.74) is 0. The number of hydrogen-bond acceptors (Lipinski definition) is 3. The third-order valence-electron chi connectivity index (χ3n) is 5.89. The van der Waals surface area contributed by atoms with Gasteiger partial charge in [0.15, 0.2) is 0 Å². The van der Waals surface area contributed by atoms with Crippen LogP contribution >= 0.6 is 0 Å². The molecule has 3 atom stereocenters. The van der Waals surface area contributed by atoms with Crippen molar-refractivity contribution in [1.82, 2.24) is 0 Å². The standard InChI is InChI=1S/C25H34O3Si/c1-19(17-21-18-24(26)27-21)16-20(2)28-29(25(3,4)5,22-12-8-6-9-13-22)23-14-10-7-11-15-23/h6-15,19-21H,16-18H2,1-5H3/t19-,20+,21+/m0/s1. The molecule has 2 aromatic rings. The Balaban J connectivity index is 1.88. The molecule has 0 saturated carbocycles. The second-order valence-electron chi connectivity index (χ2n) is 9.48. The number of benzene rings is 2. The topological polar surface area (TPSA) is 35.5 Å². The Morgan fingerprint density at radius 3 is 1.90 bits per heavy atom. The molecule has 3 nitrogen and oxygen atoms in total. The fraction of sp³-hybridized carbons (Fsp3) is 0.480. The number of ether oxygens (including phenoxy) is 1. The van der Waals surface area contributed by atoms with E-state index >= 15 is 0 Å². The molecular weight excluding hydrogens is 376 g/mol. The van der Waals surface area contributed by atoms with Crippen LogP contribution in [0.5, 0.6) is 0 Å². The Morgan fingerprint density at radius 2 is 1.48 bits per heavy atom. The van der Waals surface area contributed by atoms with E-state index in [1.54, 1.807) is 0 Å². The lowest BCUT2D eigenvalue weighted by Gasteiger charge is -2.45. The predicted molar refractivity (Wildman–Crippen MR) is 121 cm³/mol. The summed E-state index contributed by atoms with van der Waals surface area (Å²) in [7, 11) is -2.51. The van der Waals surface area contributed by atoms with Crippen molar-refractivity contribution >= 4 is 24.7 Å². The molecule has 0 aliphatic carbocycles. The average molecular weight is 411 g/mol. The maximum absolute atomic E-state index is 11.1. The fourth-order valence-electron chi connectivity index (χ4n) is 4.65. The Bertz CT molecular complexity index is 750. The maximum atomic E-state index is 11.1. The van der Waals surface area contributed by atoms with E-state index in [2.05, 4.69) is 95.3 Å². The Hall–Kier alpha value is -1.91. The van der Waals surface area contributed by atoms with E-state index in [9.17, 15) is 4.79 Å². The summed E-state index contributed by atoms with van der Waals surface area (Å²) in [6.45, 7) is 11.4. The lowest BCUT2D eigenvalue weighted by Crippen LogP contribution is -2.67. The minimum Gasteiger partial charge on any atom is -0.462 e. The normalized spacial score (nSPS) is 19.2. The van der Waals surface area contributed by atoms with Crippen LogP contribution in [0.4, 0.5) is 0 Å². The summed E-state index contributed by atoms with van der Waals surface area (Å²) < 4.78 is 12.3. The van der Waals surface area contributed by atoms with Crippen molar-refractivity contribution in [3.05, 3.63) is 60.7 Å². The van der Waals surface area contributed by atoms with Gasteiger partial charge in [0.1, 0.15) is 6.10 Å². The molecule has 1 fully saturated rings. The monoisotopic (exact) mass is 410 g/mol. The molecule has 2 aromatic carbocycles. The fourth-order valence-corrected chi connectivity index (χ4v) is 9.36. The second kappa shape index (κ2) is 8.84. The van der Waals surface area contributed by atoms with Crippen LogP contribution in [-0.2, 0) is 14.0 Å². The van der Waals surface area contributed by atoms with Crippen LogP contribution in [0.2, 0.25) is 5.04 Å². The van der Waals surface area contributed by atoms with Crippen LogP contribution in [-0.4, -0.2) is 26.5 Å². The Labute approximate surface area is 176 Å². The van der Waals surface area contributed by atoms with Gasteiger partial charge in [0.05, 0.1) is 6.42 Å². The van der Waals surface area contributed by atoms with Crippen LogP contribution < -0.4 is 10.4 Å². The summed E-state index contributed by atoms with van der Waals surface area (Å²) in [6, 6.07) is 21.5. The molecule has 0 bridgehead atoms. The zero-order valence-corrected chi connectivity index (χ0v) is 19.4. The van der Waals surface area contributed by atoms with Crippen LogP contribution in [0.1, 0.15) is 53.9 Å². The van der Waals surface area contributed by atoms with Gasteiger partial charge in [-0.05, 0) is 41.1 Å². The number of cyclic esters (lactones) is 1. The number of hydrogen-bond donors (Lipinski definition) is 0. The van der Waals surface area contributed by atoms with Crippen molar-refractivity contribution in [3.63, 3.8) is 0 Å². The van der Waals surface area contributed by atoms with Gasteiger partial charge in [-0.1, -0.05) is 88.4 Å². The molecule has 156 valence electrons. The number of rotatable bonds is 8. The zero-order chi connectivity index (χ0) is 21.1. The first-order valence-electron chi connectivity index (χ1n) is 10.7. The third kappa shape index (κ3) is 4.81. The van der Waals surface area contributed by atoms with Crippen LogP contribution in [0.25, 0.3) is 0 Å². The molecule has 29 heavy (non-hydrogen) atoms. The van der Waals surface area contributed by atoms with Gasteiger partial charge in [0.2, 0.25) is 0 Å². The number of carbonyl (C=O) groups is 1. The molecule has 1 aliphatic rings. The van der Waals surface area contributed by atoms with E-state index in [1.165, 1.54) is 10.4 Å². The van der Waals surface area contributed by atoms with Gasteiger partial charge in [0, 0.05) is 6.10 Å². The van der Waals surface area contributed by atoms with Crippen molar-refractivity contribution in [3.8, 4) is 0 Å². The summed E-state index contributed by atoms with van der Waals surface area (Å²) in [5, 5.41) is 2.61. The summed E-state index contributed by atoms with van der Waals surface area (Å²) in [6.07, 6.45) is 2.65.